The number of aromatic nitrogens is 1. The van der Waals surface area contributed by atoms with Crippen molar-refractivity contribution in [2.24, 2.45) is 0 Å². The van der Waals surface area contributed by atoms with Gasteiger partial charge in [0, 0.05) is 16.0 Å². The van der Waals surface area contributed by atoms with Gasteiger partial charge in [-0.25, -0.2) is 4.98 Å². The van der Waals surface area contributed by atoms with Crippen molar-refractivity contribution in [2.45, 2.75) is 20.0 Å². The topological polar surface area (TPSA) is 33.1 Å². The molecule has 2 nitrogen and oxygen atoms in total. The van der Waals surface area contributed by atoms with Gasteiger partial charge in [0.05, 0.1) is 0 Å². The molecule has 0 aliphatic carbocycles. The van der Waals surface area contributed by atoms with Crippen LogP contribution in [0.3, 0.4) is 0 Å². The van der Waals surface area contributed by atoms with Crippen LogP contribution < -0.4 is 0 Å². The van der Waals surface area contributed by atoms with E-state index in [1.807, 2.05) is 25.3 Å². The summed E-state index contributed by atoms with van der Waals surface area (Å²) in [4.78, 5) is 6.52. The quantitative estimate of drug-likeness (QED) is 0.852. The SMILES string of the molecule is Cc1cc(C(O)c2ncc(C)s2)cs1. The Morgan fingerprint density at radius 3 is 2.64 bits per heavy atom. The molecule has 2 rings (SSSR count). The lowest BCUT2D eigenvalue weighted by molar-refractivity contribution is 0.220. The van der Waals surface area contributed by atoms with Gasteiger partial charge in [-0.05, 0) is 30.9 Å². The van der Waals surface area contributed by atoms with E-state index in [1.54, 1.807) is 28.9 Å². The molecular weight excluding hydrogens is 214 g/mol. The first-order valence-corrected chi connectivity index (χ1v) is 6.02. The molecular formula is C10H11NOS2. The summed E-state index contributed by atoms with van der Waals surface area (Å²) in [5.74, 6) is 0. The van der Waals surface area contributed by atoms with E-state index in [0.717, 1.165) is 15.4 Å². The van der Waals surface area contributed by atoms with Gasteiger partial charge in [0.25, 0.3) is 0 Å². The Morgan fingerprint density at radius 1 is 1.36 bits per heavy atom. The summed E-state index contributed by atoms with van der Waals surface area (Å²) in [7, 11) is 0. The maximum absolute atomic E-state index is 9.97. The van der Waals surface area contributed by atoms with Crippen molar-refractivity contribution in [3.8, 4) is 0 Å². The maximum Gasteiger partial charge on any atom is 0.131 e. The first kappa shape index (κ1) is 9.83. The molecule has 0 saturated carbocycles. The van der Waals surface area contributed by atoms with Gasteiger partial charge in [-0.1, -0.05) is 0 Å². The third kappa shape index (κ3) is 1.87. The number of aliphatic hydroxyl groups excluding tert-OH is 1. The molecule has 14 heavy (non-hydrogen) atoms. The van der Waals surface area contributed by atoms with E-state index < -0.39 is 6.10 Å². The van der Waals surface area contributed by atoms with E-state index >= 15 is 0 Å². The third-order valence-corrected chi connectivity index (χ3v) is 3.78. The molecule has 0 saturated heterocycles. The largest absolute Gasteiger partial charge is 0.381 e. The van der Waals surface area contributed by atoms with Gasteiger partial charge in [0.15, 0.2) is 0 Å². The van der Waals surface area contributed by atoms with Crippen molar-refractivity contribution >= 4 is 22.7 Å². The predicted molar refractivity (Wildman–Crippen MR) is 60.0 cm³/mol. The molecule has 0 aromatic carbocycles. The summed E-state index contributed by atoms with van der Waals surface area (Å²) in [6.45, 7) is 4.03. The standard InChI is InChI=1S/C10H11NOS2/c1-6-3-8(5-13-6)9(12)10-11-4-7(2)14-10/h3-5,9,12H,1-2H3. The highest BCUT2D eigenvalue weighted by atomic mass is 32.1. The van der Waals surface area contributed by atoms with Gasteiger partial charge in [0.2, 0.25) is 0 Å². The number of nitrogens with zero attached hydrogens (tertiary/aromatic N) is 1. The minimum absolute atomic E-state index is 0.557. The molecule has 0 spiro atoms. The van der Waals surface area contributed by atoms with Crippen LogP contribution in [0.15, 0.2) is 17.6 Å². The molecule has 1 unspecified atom stereocenters. The first-order valence-electron chi connectivity index (χ1n) is 4.32. The van der Waals surface area contributed by atoms with Gasteiger partial charge >= 0.3 is 0 Å². The first-order chi connectivity index (χ1) is 6.66. The van der Waals surface area contributed by atoms with Gasteiger partial charge in [-0.2, -0.15) is 0 Å². The van der Waals surface area contributed by atoms with Crippen molar-refractivity contribution < 1.29 is 5.11 Å². The van der Waals surface area contributed by atoms with Gasteiger partial charge < -0.3 is 5.11 Å². The minimum Gasteiger partial charge on any atom is -0.381 e. The molecule has 74 valence electrons. The summed E-state index contributed by atoms with van der Waals surface area (Å²) in [6, 6.07) is 2.01. The highest BCUT2D eigenvalue weighted by Gasteiger charge is 2.14. The van der Waals surface area contributed by atoms with Crippen LogP contribution in [0.1, 0.15) is 26.4 Å². The fourth-order valence-electron chi connectivity index (χ4n) is 1.25. The van der Waals surface area contributed by atoms with E-state index in [0.29, 0.717) is 0 Å². The maximum atomic E-state index is 9.97. The van der Waals surface area contributed by atoms with Crippen molar-refractivity contribution in [3.63, 3.8) is 0 Å². The zero-order valence-electron chi connectivity index (χ0n) is 8.02. The number of aliphatic hydroxyl groups is 1. The monoisotopic (exact) mass is 225 g/mol. The van der Waals surface area contributed by atoms with Gasteiger partial charge in [-0.15, -0.1) is 22.7 Å². The Kier molecular flexibility index (Phi) is 2.67. The number of thiophene rings is 1. The fraction of sp³-hybridized carbons (Fsp3) is 0.300. The lowest BCUT2D eigenvalue weighted by atomic mass is 10.2. The average Bonchev–Trinajstić information content (AvgIpc) is 2.73. The van der Waals surface area contributed by atoms with Crippen LogP contribution in [0.25, 0.3) is 0 Å². The van der Waals surface area contributed by atoms with Crippen LogP contribution >= 0.6 is 22.7 Å². The second-order valence-electron chi connectivity index (χ2n) is 3.20. The van der Waals surface area contributed by atoms with E-state index in [-0.39, 0.29) is 0 Å². The molecule has 4 heteroatoms. The molecule has 2 aromatic heterocycles. The highest BCUT2D eigenvalue weighted by Crippen LogP contribution is 2.28. The normalized spacial score (nSPS) is 13.1. The van der Waals surface area contributed by atoms with Crippen molar-refractivity contribution in [3.05, 3.63) is 38.0 Å². The van der Waals surface area contributed by atoms with Crippen LogP contribution in [0.2, 0.25) is 0 Å². The fourth-order valence-corrected chi connectivity index (χ4v) is 2.76. The third-order valence-electron chi connectivity index (χ3n) is 1.94. The second-order valence-corrected chi connectivity index (χ2v) is 5.58. The van der Waals surface area contributed by atoms with Crippen LogP contribution in [-0.4, -0.2) is 10.1 Å². The molecule has 2 aromatic rings. The Labute approximate surface area is 90.9 Å². The summed E-state index contributed by atoms with van der Waals surface area (Å²) < 4.78 is 0. The Morgan fingerprint density at radius 2 is 2.14 bits per heavy atom. The lowest BCUT2D eigenvalue weighted by Crippen LogP contribution is -1.96. The Hall–Kier alpha value is -0.710. The molecule has 1 N–H and O–H groups in total. The predicted octanol–water partition coefficient (Wildman–Crippen LogP) is 2.90. The summed E-state index contributed by atoms with van der Waals surface area (Å²) in [5.41, 5.74) is 0.946. The van der Waals surface area contributed by atoms with E-state index in [2.05, 4.69) is 4.98 Å². The lowest BCUT2D eigenvalue weighted by Gasteiger charge is -2.03. The van der Waals surface area contributed by atoms with Crippen molar-refractivity contribution in [2.75, 3.05) is 0 Å². The summed E-state index contributed by atoms with van der Waals surface area (Å²) in [6.07, 6.45) is 1.24. The number of thiazole rings is 1. The number of hydrogen-bond acceptors (Lipinski definition) is 4. The molecule has 0 aliphatic heterocycles. The number of rotatable bonds is 2. The van der Waals surface area contributed by atoms with Gasteiger partial charge in [-0.3, -0.25) is 0 Å². The van der Waals surface area contributed by atoms with Crippen LogP contribution in [0.4, 0.5) is 0 Å². The second kappa shape index (κ2) is 3.81. The highest BCUT2D eigenvalue weighted by molar-refractivity contribution is 7.11. The molecule has 0 aliphatic rings. The number of hydrogen-bond donors (Lipinski definition) is 1. The van der Waals surface area contributed by atoms with Crippen LogP contribution in [0.5, 0.6) is 0 Å². The zero-order chi connectivity index (χ0) is 10.1. The molecule has 0 amide bonds. The molecule has 0 radical (unpaired) electrons. The number of aryl methyl sites for hydroxylation is 2. The Balaban J connectivity index is 2.28. The molecule has 2 heterocycles. The van der Waals surface area contributed by atoms with Crippen LogP contribution in [-0.2, 0) is 0 Å². The van der Waals surface area contributed by atoms with Crippen molar-refractivity contribution in [1.82, 2.24) is 4.98 Å². The Bertz CT molecular complexity index is 393. The van der Waals surface area contributed by atoms with Crippen molar-refractivity contribution in [1.29, 1.82) is 0 Å². The zero-order valence-corrected chi connectivity index (χ0v) is 9.65. The van der Waals surface area contributed by atoms with E-state index in [1.165, 1.54) is 4.88 Å². The molecule has 0 fully saturated rings. The van der Waals surface area contributed by atoms with Crippen LogP contribution in [0, 0.1) is 13.8 Å². The minimum atomic E-state index is -0.557. The molecule has 1 atom stereocenters. The smallest absolute Gasteiger partial charge is 0.131 e. The average molecular weight is 225 g/mol. The van der Waals surface area contributed by atoms with E-state index in [9.17, 15) is 5.11 Å². The van der Waals surface area contributed by atoms with Gasteiger partial charge in [0.1, 0.15) is 11.1 Å². The summed E-state index contributed by atoms with van der Waals surface area (Å²) in [5, 5.41) is 12.7. The van der Waals surface area contributed by atoms with E-state index in [4.69, 9.17) is 0 Å². The summed E-state index contributed by atoms with van der Waals surface area (Å²) >= 11 is 3.19. The molecule has 0 bridgehead atoms.